The molecule has 0 saturated carbocycles. The SMILES string of the molecule is Clc1ccc2c(c1)C=C1[C+]=CC=CN1C2.[Cl-]. The fraction of sp³-hybridized carbons (Fsp3) is 0.0769. The van der Waals surface area contributed by atoms with Gasteiger partial charge in [0.15, 0.2) is 0 Å². The highest BCUT2D eigenvalue weighted by molar-refractivity contribution is 6.30. The summed E-state index contributed by atoms with van der Waals surface area (Å²) in [6, 6.07) is 6.02. The molecule has 0 fully saturated rings. The molecule has 80 valence electrons. The van der Waals surface area contributed by atoms with Crippen LogP contribution in [0, 0.1) is 6.08 Å². The smallest absolute Gasteiger partial charge is 0.210 e. The van der Waals surface area contributed by atoms with Gasteiger partial charge in [-0.1, -0.05) is 17.7 Å². The van der Waals surface area contributed by atoms with Gasteiger partial charge in [0.05, 0.1) is 31.0 Å². The molecular formula is C13H9Cl2N. The summed E-state index contributed by atoms with van der Waals surface area (Å²) >= 11 is 5.97. The van der Waals surface area contributed by atoms with Gasteiger partial charge in [0.25, 0.3) is 0 Å². The molecule has 2 heterocycles. The Kier molecular flexibility index (Phi) is 3.02. The Balaban J connectivity index is 0.000000963. The Bertz CT molecular complexity index is 501. The molecule has 1 nitrogen and oxygen atoms in total. The zero-order valence-electron chi connectivity index (χ0n) is 8.45. The molecule has 2 aliphatic heterocycles. The minimum Gasteiger partial charge on any atom is -1.00 e. The number of halogens is 2. The number of benzene rings is 1. The molecule has 0 bridgehead atoms. The van der Waals surface area contributed by atoms with Gasteiger partial charge in [-0.15, -0.1) is 0 Å². The first kappa shape index (κ1) is 11.2. The van der Waals surface area contributed by atoms with Gasteiger partial charge in [-0.05, 0) is 17.7 Å². The van der Waals surface area contributed by atoms with Crippen molar-refractivity contribution in [1.82, 2.24) is 4.90 Å². The van der Waals surface area contributed by atoms with Crippen LogP contribution in [0.2, 0.25) is 5.02 Å². The number of fused-ring (bicyclic) bond motifs is 2. The molecule has 1 aromatic carbocycles. The van der Waals surface area contributed by atoms with E-state index in [1.165, 1.54) is 11.1 Å². The summed E-state index contributed by atoms with van der Waals surface area (Å²) < 4.78 is 0. The zero-order chi connectivity index (χ0) is 10.3. The topological polar surface area (TPSA) is 3.24 Å². The van der Waals surface area contributed by atoms with Crippen molar-refractivity contribution in [3.05, 3.63) is 64.5 Å². The maximum absolute atomic E-state index is 5.97. The molecule has 3 heteroatoms. The van der Waals surface area contributed by atoms with Crippen molar-refractivity contribution in [3.63, 3.8) is 0 Å². The Labute approximate surface area is 106 Å². The minimum absolute atomic E-state index is 0. The minimum atomic E-state index is 0. The number of hydrogen-bond donors (Lipinski definition) is 0. The summed E-state index contributed by atoms with van der Waals surface area (Å²) in [5.74, 6) is 0. The lowest BCUT2D eigenvalue weighted by atomic mass is 10.0. The lowest BCUT2D eigenvalue weighted by Crippen LogP contribution is -3.00. The van der Waals surface area contributed by atoms with Gasteiger partial charge in [-0.3, -0.25) is 0 Å². The Morgan fingerprint density at radius 3 is 3.06 bits per heavy atom. The van der Waals surface area contributed by atoms with Gasteiger partial charge in [0.2, 0.25) is 5.70 Å². The Morgan fingerprint density at radius 2 is 2.19 bits per heavy atom. The third-order valence-corrected chi connectivity index (χ3v) is 2.88. The van der Waals surface area contributed by atoms with Gasteiger partial charge in [0, 0.05) is 10.6 Å². The van der Waals surface area contributed by atoms with E-state index in [4.69, 9.17) is 11.6 Å². The monoisotopic (exact) mass is 249 g/mol. The average molecular weight is 250 g/mol. The largest absolute Gasteiger partial charge is 1.00 e. The molecule has 0 aromatic heterocycles. The van der Waals surface area contributed by atoms with E-state index < -0.39 is 0 Å². The van der Waals surface area contributed by atoms with E-state index in [1.54, 1.807) is 0 Å². The van der Waals surface area contributed by atoms with Crippen LogP contribution in [0.25, 0.3) is 6.08 Å². The second kappa shape index (κ2) is 4.31. The summed E-state index contributed by atoms with van der Waals surface area (Å²) in [6.07, 6.45) is 11.3. The molecule has 2 aliphatic rings. The Morgan fingerprint density at radius 1 is 1.31 bits per heavy atom. The van der Waals surface area contributed by atoms with Gasteiger partial charge in [-0.25, -0.2) is 0 Å². The first-order chi connectivity index (χ1) is 7.33. The van der Waals surface area contributed by atoms with E-state index in [2.05, 4.69) is 29.3 Å². The summed E-state index contributed by atoms with van der Waals surface area (Å²) in [5.41, 5.74) is 3.61. The molecule has 0 atom stereocenters. The molecular weight excluding hydrogens is 241 g/mol. The molecule has 0 saturated heterocycles. The van der Waals surface area contributed by atoms with Crippen molar-refractivity contribution in [1.29, 1.82) is 0 Å². The van der Waals surface area contributed by atoms with Crippen LogP contribution in [0.1, 0.15) is 11.1 Å². The van der Waals surface area contributed by atoms with E-state index >= 15 is 0 Å². The number of hydrogen-bond acceptors (Lipinski definition) is 1. The summed E-state index contributed by atoms with van der Waals surface area (Å²) in [4.78, 5) is 2.18. The molecule has 3 rings (SSSR count). The average Bonchev–Trinajstić information content (AvgIpc) is 2.26. The van der Waals surface area contributed by atoms with Crippen molar-refractivity contribution < 1.29 is 12.4 Å². The number of nitrogens with zero attached hydrogens (tertiary/aromatic N) is 1. The van der Waals surface area contributed by atoms with Gasteiger partial charge < -0.3 is 17.3 Å². The van der Waals surface area contributed by atoms with Crippen LogP contribution >= 0.6 is 11.6 Å². The van der Waals surface area contributed by atoms with Crippen LogP contribution in [0.4, 0.5) is 0 Å². The molecule has 0 spiro atoms. The molecule has 0 aliphatic carbocycles. The molecule has 0 amide bonds. The summed E-state index contributed by atoms with van der Waals surface area (Å²) in [6.45, 7) is 0.898. The predicted molar refractivity (Wildman–Crippen MR) is 61.9 cm³/mol. The summed E-state index contributed by atoms with van der Waals surface area (Å²) in [7, 11) is 0. The number of allylic oxidation sites excluding steroid dienone is 3. The van der Waals surface area contributed by atoms with Gasteiger partial charge in [-0.2, -0.15) is 0 Å². The van der Waals surface area contributed by atoms with Crippen molar-refractivity contribution in [2.75, 3.05) is 0 Å². The van der Waals surface area contributed by atoms with Crippen LogP contribution < -0.4 is 12.4 Å². The fourth-order valence-electron chi connectivity index (χ4n) is 1.88. The van der Waals surface area contributed by atoms with E-state index in [0.717, 1.165) is 17.3 Å². The lowest BCUT2D eigenvalue weighted by molar-refractivity contribution is -0.00000279. The Hall–Kier alpha value is -1.27. The van der Waals surface area contributed by atoms with Crippen LogP contribution in [0.15, 0.2) is 42.2 Å². The van der Waals surface area contributed by atoms with E-state index in [0.29, 0.717) is 0 Å². The molecule has 0 unspecified atom stereocenters. The fourth-order valence-corrected chi connectivity index (χ4v) is 2.06. The molecule has 16 heavy (non-hydrogen) atoms. The molecule has 1 aromatic rings. The van der Waals surface area contributed by atoms with Crippen molar-refractivity contribution in [2.45, 2.75) is 6.54 Å². The first-order valence-electron chi connectivity index (χ1n) is 4.86. The van der Waals surface area contributed by atoms with Gasteiger partial charge in [0.1, 0.15) is 6.08 Å². The second-order valence-electron chi connectivity index (χ2n) is 3.65. The van der Waals surface area contributed by atoms with E-state index in [1.807, 2.05) is 24.3 Å². The molecule has 0 N–H and O–H groups in total. The van der Waals surface area contributed by atoms with Gasteiger partial charge >= 0.3 is 0 Å². The first-order valence-corrected chi connectivity index (χ1v) is 5.24. The highest BCUT2D eigenvalue weighted by atomic mass is 35.5. The normalized spacial score (nSPS) is 15.6. The van der Waals surface area contributed by atoms with Crippen LogP contribution in [-0.2, 0) is 6.54 Å². The van der Waals surface area contributed by atoms with E-state index in [-0.39, 0.29) is 12.4 Å². The maximum atomic E-state index is 5.97. The van der Waals surface area contributed by atoms with Crippen LogP contribution in [-0.4, -0.2) is 4.90 Å². The highest BCUT2D eigenvalue weighted by Gasteiger charge is 2.22. The third kappa shape index (κ3) is 1.85. The number of rotatable bonds is 0. The van der Waals surface area contributed by atoms with Crippen molar-refractivity contribution in [2.24, 2.45) is 0 Å². The second-order valence-corrected chi connectivity index (χ2v) is 4.09. The standard InChI is InChI=1S/C13H9ClN.ClH/c14-12-5-4-10-9-15-6-2-1-3-13(15)8-11(10)7-12;/h1-2,4-8H,9H2;1H/q+1;/p-1. The summed E-state index contributed by atoms with van der Waals surface area (Å²) in [5, 5.41) is 0.786. The van der Waals surface area contributed by atoms with Crippen LogP contribution in [0.3, 0.4) is 0 Å². The molecule has 0 radical (unpaired) electrons. The van der Waals surface area contributed by atoms with Crippen LogP contribution in [0.5, 0.6) is 0 Å². The van der Waals surface area contributed by atoms with E-state index in [9.17, 15) is 0 Å². The quantitative estimate of drug-likeness (QED) is 0.602. The van der Waals surface area contributed by atoms with Crippen molar-refractivity contribution in [3.8, 4) is 0 Å². The van der Waals surface area contributed by atoms with Crippen molar-refractivity contribution >= 4 is 17.7 Å². The third-order valence-electron chi connectivity index (χ3n) is 2.64. The zero-order valence-corrected chi connectivity index (χ0v) is 9.96. The predicted octanol–water partition coefficient (Wildman–Crippen LogP) is 0.387. The maximum Gasteiger partial charge on any atom is 0.210 e. The lowest BCUT2D eigenvalue weighted by Gasteiger charge is -2.22. The highest BCUT2D eigenvalue weighted by Crippen LogP contribution is 2.28.